The van der Waals surface area contributed by atoms with Gasteiger partial charge in [0.2, 0.25) is 0 Å². The van der Waals surface area contributed by atoms with Crippen LogP contribution in [0.2, 0.25) is 0 Å². The molecule has 0 saturated carbocycles. The van der Waals surface area contributed by atoms with Crippen LogP contribution < -0.4 is 0 Å². The molecule has 0 aromatic rings. The van der Waals surface area contributed by atoms with Crippen molar-refractivity contribution in [3.63, 3.8) is 0 Å². The summed E-state index contributed by atoms with van der Waals surface area (Å²) in [6, 6.07) is 0. The number of allylic oxidation sites excluding steroid dienone is 2. The number of hydrogen-bond donors (Lipinski definition) is 1. The number of hydrogen-bond acceptors (Lipinski definition) is 3. The molecule has 24 heavy (non-hydrogen) atoms. The summed E-state index contributed by atoms with van der Waals surface area (Å²) in [5.74, 6) is 0.546. The van der Waals surface area contributed by atoms with E-state index in [0.29, 0.717) is 18.8 Å². The third-order valence-corrected chi connectivity index (χ3v) is 4.43. The molecule has 0 aliphatic carbocycles. The molecule has 0 spiro atoms. The molecule has 0 amide bonds. The lowest BCUT2D eigenvalue weighted by atomic mass is 10.1. The molecule has 0 unspecified atom stereocenters. The van der Waals surface area contributed by atoms with Crippen LogP contribution in [-0.2, 0) is 9.53 Å². The number of carbonyl (C=O) groups excluding carboxylic acids is 1. The molecule has 0 aromatic carbocycles. The van der Waals surface area contributed by atoms with E-state index in [1.807, 2.05) is 0 Å². The van der Waals surface area contributed by atoms with Gasteiger partial charge < -0.3 is 4.74 Å². The molecule has 142 valence electrons. The third-order valence-electron chi connectivity index (χ3n) is 4.25. The van der Waals surface area contributed by atoms with Crippen LogP contribution in [0.4, 0.5) is 0 Å². The Morgan fingerprint density at radius 2 is 1.29 bits per heavy atom. The second kappa shape index (κ2) is 20.6. The van der Waals surface area contributed by atoms with Crippen LogP contribution in [0.25, 0.3) is 0 Å². The van der Waals surface area contributed by atoms with Crippen LogP contribution in [0.3, 0.4) is 0 Å². The van der Waals surface area contributed by atoms with Gasteiger partial charge in [0.1, 0.15) is 6.61 Å². The van der Waals surface area contributed by atoms with Gasteiger partial charge in [0.15, 0.2) is 0 Å². The van der Waals surface area contributed by atoms with Crippen molar-refractivity contribution in [2.75, 3.05) is 12.4 Å². The first-order valence-electron chi connectivity index (χ1n) is 10.2. The predicted molar refractivity (Wildman–Crippen MR) is 109 cm³/mol. The number of carbonyl (C=O) groups is 1. The minimum atomic E-state index is -0.0662. The van der Waals surface area contributed by atoms with Gasteiger partial charge in [-0.05, 0) is 32.1 Å². The second-order valence-electron chi connectivity index (χ2n) is 6.63. The van der Waals surface area contributed by atoms with Gasteiger partial charge in [-0.25, -0.2) is 0 Å². The van der Waals surface area contributed by atoms with E-state index in [4.69, 9.17) is 4.74 Å². The fourth-order valence-electron chi connectivity index (χ4n) is 2.75. The summed E-state index contributed by atoms with van der Waals surface area (Å²) in [6.07, 6.45) is 23.3. The average molecular weight is 357 g/mol. The van der Waals surface area contributed by atoms with Gasteiger partial charge in [0.25, 0.3) is 0 Å². The normalized spacial score (nSPS) is 11.2. The van der Waals surface area contributed by atoms with Crippen LogP contribution >= 0.6 is 12.6 Å². The first-order chi connectivity index (χ1) is 11.8. The average Bonchev–Trinajstić information content (AvgIpc) is 2.59. The van der Waals surface area contributed by atoms with E-state index in [-0.39, 0.29) is 5.97 Å². The van der Waals surface area contributed by atoms with Gasteiger partial charge in [-0.3, -0.25) is 4.79 Å². The van der Waals surface area contributed by atoms with Crippen LogP contribution in [0.5, 0.6) is 0 Å². The quantitative estimate of drug-likeness (QED) is 0.125. The molecule has 0 aliphatic rings. The third kappa shape index (κ3) is 19.6. The summed E-state index contributed by atoms with van der Waals surface area (Å²) >= 11 is 4.02. The maximum Gasteiger partial charge on any atom is 0.305 e. The maximum absolute atomic E-state index is 11.3. The van der Waals surface area contributed by atoms with E-state index >= 15 is 0 Å². The van der Waals surface area contributed by atoms with Gasteiger partial charge >= 0.3 is 5.97 Å². The van der Waals surface area contributed by atoms with Crippen LogP contribution in [-0.4, -0.2) is 18.3 Å². The zero-order chi connectivity index (χ0) is 17.7. The van der Waals surface area contributed by atoms with E-state index in [1.54, 1.807) is 0 Å². The first-order valence-corrected chi connectivity index (χ1v) is 10.9. The Labute approximate surface area is 156 Å². The van der Waals surface area contributed by atoms with Crippen molar-refractivity contribution >= 4 is 18.6 Å². The Morgan fingerprint density at radius 1 is 0.792 bits per heavy atom. The lowest BCUT2D eigenvalue weighted by Gasteiger charge is -2.03. The molecule has 0 saturated heterocycles. The second-order valence-corrected chi connectivity index (χ2v) is 7.08. The lowest BCUT2D eigenvalue weighted by Crippen LogP contribution is -2.06. The van der Waals surface area contributed by atoms with Crippen molar-refractivity contribution in [3.05, 3.63) is 12.2 Å². The van der Waals surface area contributed by atoms with Gasteiger partial charge in [0, 0.05) is 12.2 Å². The number of thiol groups is 1. The first kappa shape index (κ1) is 23.6. The van der Waals surface area contributed by atoms with E-state index < -0.39 is 0 Å². The van der Waals surface area contributed by atoms with Crippen LogP contribution in [0.1, 0.15) is 103 Å². The van der Waals surface area contributed by atoms with E-state index in [1.165, 1.54) is 77.0 Å². The number of esters is 1. The maximum atomic E-state index is 11.3. The summed E-state index contributed by atoms with van der Waals surface area (Å²) in [4.78, 5) is 11.3. The molecular formula is C21H40O2S. The minimum absolute atomic E-state index is 0.0662. The fourth-order valence-corrected chi connectivity index (χ4v) is 2.84. The van der Waals surface area contributed by atoms with E-state index in [9.17, 15) is 4.79 Å². The molecule has 0 aliphatic heterocycles. The highest BCUT2D eigenvalue weighted by Crippen LogP contribution is 2.12. The van der Waals surface area contributed by atoms with E-state index in [0.717, 1.165) is 12.8 Å². The highest BCUT2D eigenvalue weighted by Gasteiger charge is 2.01. The summed E-state index contributed by atoms with van der Waals surface area (Å²) in [5.41, 5.74) is 0. The molecule has 0 aromatic heterocycles. The Kier molecular flexibility index (Phi) is 20.2. The van der Waals surface area contributed by atoms with Crippen molar-refractivity contribution in [2.24, 2.45) is 0 Å². The highest BCUT2D eigenvalue weighted by molar-refractivity contribution is 7.80. The summed E-state index contributed by atoms with van der Waals surface area (Å²) in [5, 5.41) is 0. The molecule has 0 heterocycles. The highest BCUT2D eigenvalue weighted by atomic mass is 32.1. The summed E-state index contributed by atoms with van der Waals surface area (Å²) in [6.45, 7) is 2.70. The SMILES string of the molecule is CCCCC/C=C/CCCCCCCCCCCC(=O)OCCS. The molecule has 0 rings (SSSR count). The fraction of sp³-hybridized carbons (Fsp3) is 0.857. The van der Waals surface area contributed by atoms with Crippen molar-refractivity contribution < 1.29 is 9.53 Å². The monoisotopic (exact) mass is 356 g/mol. The topological polar surface area (TPSA) is 26.3 Å². The number of ether oxygens (including phenoxy) is 1. The Balaban J connectivity index is 3.11. The van der Waals surface area contributed by atoms with Crippen LogP contribution in [0, 0.1) is 0 Å². The lowest BCUT2D eigenvalue weighted by molar-refractivity contribution is -0.143. The van der Waals surface area contributed by atoms with Crippen molar-refractivity contribution in [3.8, 4) is 0 Å². The van der Waals surface area contributed by atoms with Crippen LogP contribution in [0.15, 0.2) is 12.2 Å². The summed E-state index contributed by atoms with van der Waals surface area (Å²) in [7, 11) is 0. The van der Waals surface area contributed by atoms with Gasteiger partial charge in [0.05, 0.1) is 0 Å². The Bertz CT molecular complexity index is 290. The molecule has 2 nitrogen and oxygen atoms in total. The number of unbranched alkanes of at least 4 members (excludes halogenated alkanes) is 12. The smallest absolute Gasteiger partial charge is 0.305 e. The van der Waals surface area contributed by atoms with E-state index in [2.05, 4.69) is 31.7 Å². The van der Waals surface area contributed by atoms with Crippen molar-refractivity contribution in [1.82, 2.24) is 0 Å². The molecular weight excluding hydrogens is 316 g/mol. The van der Waals surface area contributed by atoms with Crippen molar-refractivity contribution in [2.45, 2.75) is 103 Å². The molecule has 0 N–H and O–H groups in total. The summed E-state index contributed by atoms with van der Waals surface area (Å²) < 4.78 is 5.00. The standard InChI is InChI=1S/C21H40O2S/c1-2-3-4-5-6-7-8-9-10-11-12-13-14-15-16-17-18-21(22)23-19-20-24/h6-7,24H,2-5,8-20H2,1H3/b7-6+. The van der Waals surface area contributed by atoms with Crippen molar-refractivity contribution in [1.29, 1.82) is 0 Å². The molecule has 0 atom stereocenters. The largest absolute Gasteiger partial charge is 0.465 e. The molecule has 0 fully saturated rings. The van der Waals surface area contributed by atoms with Gasteiger partial charge in [-0.15, -0.1) is 0 Å². The zero-order valence-electron chi connectivity index (χ0n) is 15.9. The Morgan fingerprint density at radius 3 is 1.83 bits per heavy atom. The zero-order valence-corrected chi connectivity index (χ0v) is 16.8. The predicted octanol–water partition coefficient (Wildman–Crippen LogP) is 6.89. The molecule has 3 heteroatoms. The van der Waals surface area contributed by atoms with Gasteiger partial charge in [-0.2, -0.15) is 12.6 Å². The number of rotatable bonds is 18. The minimum Gasteiger partial charge on any atom is -0.465 e. The Hall–Kier alpha value is -0.440. The van der Waals surface area contributed by atoms with Gasteiger partial charge in [-0.1, -0.05) is 76.9 Å². The molecule has 0 bridgehead atoms. The molecule has 0 radical (unpaired) electrons.